The van der Waals surface area contributed by atoms with Crippen LogP contribution in [-0.2, 0) is 21.1 Å². The van der Waals surface area contributed by atoms with E-state index in [4.69, 9.17) is 4.74 Å². The van der Waals surface area contributed by atoms with Gasteiger partial charge in [0.05, 0.1) is 17.8 Å². The van der Waals surface area contributed by atoms with Crippen molar-refractivity contribution >= 4 is 16.1 Å². The third-order valence-corrected chi connectivity index (χ3v) is 6.99. The van der Waals surface area contributed by atoms with Gasteiger partial charge in [0.2, 0.25) is 0 Å². The smallest absolute Gasteiger partial charge is 0.373 e. The fraction of sp³-hybridized carbons (Fsp3) is 0.611. The Morgan fingerprint density at radius 3 is 1.97 bits per heavy atom. The molecule has 162 valence electrons. The molecule has 29 heavy (non-hydrogen) atoms. The van der Waals surface area contributed by atoms with Crippen LogP contribution in [0.25, 0.3) is 0 Å². The lowest BCUT2D eigenvalue weighted by Gasteiger charge is -2.40. The largest absolute Gasteiger partial charge is 0.416 e. The Kier molecular flexibility index (Phi) is 6.23. The molecule has 0 N–H and O–H groups in total. The molecular formula is C18H24F3N3O4S. The Bertz CT molecular complexity index is 827. The third kappa shape index (κ3) is 4.90. The summed E-state index contributed by atoms with van der Waals surface area (Å²) in [5, 5.41) is 0. The van der Waals surface area contributed by atoms with Crippen molar-refractivity contribution in [1.82, 2.24) is 13.5 Å². The van der Waals surface area contributed by atoms with Gasteiger partial charge in [-0.3, -0.25) is 4.79 Å². The van der Waals surface area contributed by atoms with Crippen LogP contribution in [0, 0.1) is 0 Å². The first-order valence-electron chi connectivity index (χ1n) is 9.35. The number of rotatable bonds is 3. The van der Waals surface area contributed by atoms with Gasteiger partial charge in [-0.25, -0.2) is 0 Å². The maximum absolute atomic E-state index is 12.9. The van der Waals surface area contributed by atoms with Gasteiger partial charge in [-0.2, -0.15) is 30.2 Å². The van der Waals surface area contributed by atoms with Crippen LogP contribution in [0.1, 0.15) is 29.8 Å². The number of piperazine rings is 1. The molecule has 7 nitrogen and oxygen atoms in total. The van der Waals surface area contributed by atoms with Crippen molar-refractivity contribution in [3.63, 3.8) is 0 Å². The van der Waals surface area contributed by atoms with E-state index in [0.717, 1.165) is 24.3 Å². The highest BCUT2D eigenvalue weighted by Crippen LogP contribution is 2.29. The summed E-state index contributed by atoms with van der Waals surface area (Å²) in [6.07, 6.45) is -4.86. The zero-order valence-corrected chi connectivity index (χ0v) is 17.0. The molecule has 1 aromatic carbocycles. The van der Waals surface area contributed by atoms with Crippen molar-refractivity contribution < 1.29 is 31.1 Å². The summed E-state index contributed by atoms with van der Waals surface area (Å²) in [6, 6.07) is 4.03. The summed E-state index contributed by atoms with van der Waals surface area (Å²) in [6.45, 7) is 4.80. The van der Waals surface area contributed by atoms with Gasteiger partial charge in [-0.1, -0.05) is 0 Å². The number of carbonyl (C=O) groups excluding carboxylic acids is 1. The van der Waals surface area contributed by atoms with Crippen LogP contribution in [0.2, 0.25) is 0 Å². The molecule has 0 aromatic heterocycles. The van der Waals surface area contributed by atoms with Crippen LogP contribution in [-0.4, -0.2) is 79.3 Å². The van der Waals surface area contributed by atoms with Crippen molar-refractivity contribution in [2.45, 2.75) is 32.2 Å². The number of nitrogens with zero attached hydrogens (tertiary/aromatic N) is 3. The molecule has 0 radical (unpaired) electrons. The number of ether oxygens (including phenoxy) is 1. The van der Waals surface area contributed by atoms with Crippen LogP contribution in [0.15, 0.2) is 24.3 Å². The Labute approximate surface area is 168 Å². The van der Waals surface area contributed by atoms with Crippen molar-refractivity contribution in [1.29, 1.82) is 0 Å². The first kappa shape index (κ1) is 22.0. The van der Waals surface area contributed by atoms with E-state index < -0.39 is 27.9 Å². The van der Waals surface area contributed by atoms with Gasteiger partial charge in [0, 0.05) is 44.8 Å². The molecule has 2 heterocycles. The lowest BCUT2D eigenvalue weighted by Crippen LogP contribution is -2.57. The summed E-state index contributed by atoms with van der Waals surface area (Å²) in [4.78, 5) is 14.0. The second kappa shape index (κ2) is 8.21. The van der Waals surface area contributed by atoms with Crippen LogP contribution in [0.4, 0.5) is 13.2 Å². The third-order valence-electron chi connectivity index (χ3n) is 5.02. The van der Waals surface area contributed by atoms with Crippen LogP contribution >= 0.6 is 0 Å². The minimum absolute atomic E-state index is 0.134. The van der Waals surface area contributed by atoms with E-state index >= 15 is 0 Å². The van der Waals surface area contributed by atoms with Crippen LogP contribution < -0.4 is 0 Å². The number of halogens is 3. The molecule has 0 bridgehead atoms. The monoisotopic (exact) mass is 435 g/mol. The molecule has 2 saturated heterocycles. The van der Waals surface area contributed by atoms with Crippen molar-refractivity contribution in [2.75, 3.05) is 39.3 Å². The average molecular weight is 435 g/mol. The molecule has 0 aliphatic carbocycles. The van der Waals surface area contributed by atoms with Gasteiger partial charge in [0.25, 0.3) is 16.1 Å². The van der Waals surface area contributed by atoms with Gasteiger partial charge in [0.1, 0.15) is 0 Å². The van der Waals surface area contributed by atoms with Crippen LogP contribution in [0.3, 0.4) is 0 Å². The fourth-order valence-electron chi connectivity index (χ4n) is 3.59. The standard InChI is InChI=1S/C18H24F3N3O4S/c1-13-11-24(12-14(2)28-13)29(26,27)23-9-7-22(8-10-23)17(25)15-3-5-16(6-4-15)18(19,20)21/h3-6,13-14H,7-12H2,1-2H3. The quantitative estimate of drug-likeness (QED) is 0.726. The van der Waals surface area contributed by atoms with E-state index in [0.29, 0.717) is 0 Å². The predicted octanol–water partition coefficient (Wildman–Crippen LogP) is 1.82. The Morgan fingerprint density at radius 1 is 0.966 bits per heavy atom. The fourth-order valence-corrected chi connectivity index (χ4v) is 5.34. The molecule has 0 saturated carbocycles. The second-order valence-corrected chi connectivity index (χ2v) is 9.28. The summed E-state index contributed by atoms with van der Waals surface area (Å²) in [5.74, 6) is -0.413. The van der Waals surface area contributed by atoms with Gasteiger partial charge >= 0.3 is 6.18 Å². The summed E-state index contributed by atoms with van der Waals surface area (Å²) in [5.41, 5.74) is -0.677. The van der Waals surface area contributed by atoms with Crippen molar-refractivity contribution in [3.05, 3.63) is 35.4 Å². The number of hydrogen-bond donors (Lipinski definition) is 0. The molecule has 2 aliphatic rings. The second-order valence-electron chi connectivity index (χ2n) is 7.35. The molecule has 2 atom stereocenters. The first-order valence-corrected chi connectivity index (χ1v) is 10.8. The minimum Gasteiger partial charge on any atom is -0.373 e. The molecule has 11 heteroatoms. The Morgan fingerprint density at radius 2 is 1.48 bits per heavy atom. The van der Waals surface area contributed by atoms with E-state index in [1.807, 2.05) is 13.8 Å². The summed E-state index contributed by atoms with van der Waals surface area (Å²) >= 11 is 0. The summed E-state index contributed by atoms with van der Waals surface area (Å²) in [7, 11) is -3.66. The number of hydrogen-bond acceptors (Lipinski definition) is 4. The molecule has 2 fully saturated rings. The van der Waals surface area contributed by atoms with Gasteiger partial charge < -0.3 is 9.64 Å². The van der Waals surface area contributed by atoms with E-state index in [9.17, 15) is 26.4 Å². The molecular weight excluding hydrogens is 411 g/mol. The Hall–Kier alpha value is -1.69. The normalized spacial score (nSPS) is 25.2. The maximum atomic E-state index is 12.9. The average Bonchev–Trinajstić information content (AvgIpc) is 2.66. The molecule has 0 spiro atoms. The zero-order chi connectivity index (χ0) is 21.4. The topological polar surface area (TPSA) is 70.2 Å². The maximum Gasteiger partial charge on any atom is 0.416 e. The van der Waals surface area contributed by atoms with E-state index in [1.54, 1.807) is 0 Å². The highest BCUT2D eigenvalue weighted by atomic mass is 32.2. The SMILES string of the molecule is CC1CN(S(=O)(=O)N2CCN(C(=O)c3ccc(C(F)(F)F)cc3)CC2)CC(C)O1. The van der Waals surface area contributed by atoms with E-state index in [1.165, 1.54) is 13.5 Å². The number of benzene rings is 1. The number of morpholine rings is 1. The summed E-state index contributed by atoms with van der Waals surface area (Å²) < 4.78 is 72.1. The van der Waals surface area contributed by atoms with Gasteiger partial charge in [-0.15, -0.1) is 0 Å². The molecule has 1 amide bonds. The van der Waals surface area contributed by atoms with Crippen molar-refractivity contribution in [3.8, 4) is 0 Å². The van der Waals surface area contributed by atoms with E-state index in [2.05, 4.69) is 0 Å². The highest BCUT2D eigenvalue weighted by molar-refractivity contribution is 7.86. The number of amides is 1. The molecule has 3 rings (SSSR count). The van der Waals surface area contributed by atoms with Crippen molar-refractivity contribution in [2.24, 2.45) is 0 Å². The molecule has 1 aromatic rings. The van der Waals surface area contributed by atoms with Gasteiger partial charge in [0.15, 0.2) is 0 Å². The Balaban J connectivity index is 1.62. The minimum atomic E-state index is -4.46. The first-order chi connectivity index (χ1) is 13.5. The zero-order valence-electron chi connectivity index (χ0n) is 16.2. The van der Waals surface area contributed by atoms with Gasteiger partial charge in [-0.05, 0) is 38.1 Å². The van der Waals surface area contributed by atoms with E-state index in [-0.39, 0.29) is 57.0 Å². The number of carbonyl (C=O) groups is 1. The van der Waals surface area contributed by atoms with Crippen LogP contribution in [0.5, 0.6) is 0 Å². The lowest BCUT2D eigenvalue weighted by atomic mass is 10.1. The molecule has 2 unspecified atom stereocenters. The number of alkyl halides is 3. The molecule has 2 aliphatic heterocycles. The highest BCUT2D eigenvalue weighted by Gasteiger charge is 2.37. The lowest BCUT2D eigenvalue weighted by molar-refractivity contribution is -0.137. The predicted molar refractivity (Wildman–Crippen MR) is 99.4 cm³/mol.